The molecule has 1 aromatic carbocycles. The van der Waals surface area contributed by atoms with Gasteiger partial charge in [0.1, 0.15) is 5.82 Å². The SMILES string of the molecule is CC(O)(CC(=O)NCCc1cn2c(n1)CCCC2)c1ccccc1. The maximum absolute atomic E-state index is 12.1. The Hall–Kier alpha value is -2.14. The second kappa shape index (κ2) is 7.18. The number of benzene rings is 1. The first-order valence-electron chi connectivity index (χ1n) is 8.64. The van der Waals surface area contributed by atoms with Crippen molar-refractivity contribution in [1.82, 2.24) is 14.9 Å². The van der Waals surface area contributed by atoms with Crippen LogP contribution in [0.4, 0.5) is 0 Å². The summed E-state index contributed by atoms with van der Waals surface area (Å²) in [5.74, 6) is 1.02. The Labute approximate surface area is 142 Å². The van der Waals surface area contributed by atoms with Crippen LogP contribution in [0, 0.1) is 0 Å². The molecule has 0 fully saturated rings. The largest absolute Gasteiger partial charge is 0.385 e. The molecule has 5 heteroatoms. The van der Waals surface area contributed by atoms with Crippen LogP contribution in [-0.4, -0.2) is 27.1 Å². The van der Waals surface area contributed by atoms with Crippen molar-refractivity contribution in [3.63, 3.8) is 0 Å². The zero-order chi connectivity index (χ0) is 17.0. The number of nitrogens with one attached hydrogen (secondary N) is 1. The van der Waals surface area contributed by atoms with Crippen molar-refractivity contribution in [3.8, 4) is 0 Å². The molecule has 1 aliphatic heterocycles. The fourth-order valence-electron chi connectivity index (χ4n) is 3.20. The molecule has 3 rings (SSSR count). The standard InChI is InChI=1S/C19H25N3O2/c1-19(24,15-7-3-2-4-8-15)13-18(23)20-11-10-16-14-22-12-6-5-9-17(22)21-16/h2-4,7-8,14,24H,5-6,9-13H2,1H3,(H,20,23). The highest BCUT2D eigenvalue weighted by molar-refractivity contribution is 5.77. The lowest BCUT2D eigenvalue weighted by Crippen LogP contribution is -2.33. The molecule has 1 unspecified atom stereocenters. The summed E-state index contributed by atoms with van der Waals surface area (Å²) in [6.07, 6.45) is 6.35. The molecule has 1 aliphatic rings. The van der Waals surface area contributed by atoms with Crippen LogP contribution in [0.1, 0.15) is 43.3 Å². The molecular formula is C19H25N3O2. The molecule has 0 bridgehead atoms. The minimum atomic E-state index is -1.15. The smallest absolute Gasteiger partial charge is 0.223 e. The third kappa shape index (κ3) is 4.03. The summed E-state index contributed by atoms with van der Waals surface area (Å²) < 4.78 is 2.22. The Morgan fingerprint density at radius 1 is 1.33 bits per heavy atom. The Balaban J connectivity index is 1.48. The van der Waals surface area contributed by atoms with Gasteiger partial charge in [0.25, 0.3) is 0 Å². The van der Waals surface area contributed by atoms with Gasteiger partial charge in [0, 0.05) is 32.1 Å². The summed E-state index contributed by atoms with van der Waals surface area (Å²) in [6.45, 7) is 3.26. The molecule has 0 aliphatic carbocycles. The van der Waals surface area contributed by atoms with Crippen LogP contribution in [-0.2, 0) is 29.8 Å². The normalized spacial score (nSPS) is 16.2. The molecule has 1 amide bonds. The Bertz CT molecular complexity index is 668. The first kappa shape index (κ1) is 16.7. The molecule has 0 radical (unpaired) electrons. The number of hydrogen-bond acceptors (Lipinski definition) is 3. The highest BCUT2D eigenvalue weighted by atomic mass is 16.3. The number of rotatable bonds is 6. The van der Waals surface area contributed by atoms with E-state index in [4.69, 9.17) is 0 Å². The van der Waals surface area contributed by atoms with Gasteiger partial charge in [-0.2, -0.15) is 0 Å². The lowest BCUT2D eigenvalue weighted by Gasteiger charge is -2.23. The Morgan fingerprint density at radius 3 is 2.88 bits per heavy atom. The second-order valence-corrected chi connectivity index (χ2v) is 6.72. The molecule has 128 valence electrons. The van der Waals surface area contributed by atoms with Crippen LogP contribution in [0.25, 0.3) is 0 Å². The number of hydrogen-bond donors (Lipinski definition) is 2. The lowest BCUT2D eigenvalue weighted by atomic mass is 9.92. The number of imidazole rings is 1. The summed E-state index contributed by atoms with van der Waals surface area (Å²) in [7, 11) is 0. The molecule has 2 heterocycles. The van der Waals surface area contributed by atoms with Gasteiger partial charge in [-0.3, -0.25) is 4.79 Å². The van der Waals surface area contributed by atoms with Gasteiger partial charge in [-0.1, -0.05) is 30.3 Å². The number of carbonyl (C=O) groups is 1. The van der Waals surface area contributed by atoms with E-state index in [-0.39, 0.29) is 12.3 Å². The van der Waals surface area contributed by atoms with Gasteiger partial charge >= 0.3 is 0 Å². The summed E-state index contributed by atoms with van der Waals surface area (Å²) >= 11 is 0. The van der Waals surface area contributed by atoms with Gasteiger partial charge in [0.2, 0.25) is 5.91 Å². The van der Waals surface area contributed by atoms with Gasteiger partial charge in [-0.15, -0.1) is 0 Å². The third-order valence-corrected chi connectivity index (χ3v) is 4.56. The lowest BCUT2D eigenvalue weighted by molar-refractivity contribution is -0.125. The number of aliphatic hydroxyl groups is 1. The minimum Gasteiger partial charge on any atom is -0.385 e. The molecule has 5 nitrogen and oxygen atoms in total. The van der Waals surface area contributed by atoms with Crippen LogP contribution < -0.4 is 5.32 Å². The van der Waals surface area contributed by atoms with E-state index in [9.17, 15) is 9.90 Å². The first-order valence-corrected chi connectivity index (χ1v) is 8.64. The van der Waals surface area contributed by atoms with E-state index < -0.39 is 5.60 Å². The predicted molar refractivity (Wildman–Crippen MR) is 92.5 cm³/mol. The van der Waals surface area contributed by atoms with Crippen LogP contribution in [0.5, 0.6) is 0 Å². The molecule has 1 atom stereocenters. The van der Waals surface area contributed by atoms with E-state index in [0.717, 1.165) is 36.5 Å². The zero-order valence-corrected chi connectivity index (χ0v) is 14.2. The van der Waals surface area contributed by atoms with Gasteiger partial charge in [0.05, 0.1) is 17.7 Å². The average molecular weight is 327 g/mol. The predicted octanol–water partition coefficient (Wildman–Crippen LogP) is 2.18. The summed E-state index contributed by atoms with van der Waals surface area (Å²) in [5.41, 5.74) is 0.628. The Kier molecular flexibility index (Phi) is 5.00. The van der Waals surface area contributed by atoms with Crippen molar-refractivity contribution >= 4 is 5.91 Å². The van der Waals surface area contributed by atoms with Gasteiger partial charge in [0.15, 0.2) is 0 Å². The molecule has 24 heavy (non-hydrogen) atoms. The maximum atomic E-state index is 12.1. The van der Waals surface area contributed by atoms with Gasteiger partial charge < -0.3 is 15.0 Å². The number of nitrogens with zero attached hydrogens (tertiary/aromatic N) is 2. The van der Waals surface area contributed by atoms with Gasteiger partial charge in [-0.25, -0.2) is 4.98 Å². The van der Waals surface area contributed by atoms with Crippen LogP contribution in [0.15, 0.2) is 36.5 Å². The number of aryl methyl sites for hydroxylation is 2. The number of aromatic nitrogens is 2. The van der Waals surface area contributed by atoms with E-state index in [1.165, 1.54) is 12.8 Å². The third-order valence-electron chi connectivity index (χ3n) is 4.56. The highest BCUT2D eigenvalue weighted by Gasteiger charge is 2.26. The molecule has 2 N–H and O–H groups in total. The van der Waals surface area contributed by atoms with Crippen molar-refractivity contribution in [2.45, 2.75) is 51.2 Å². The number of amides is 1. The van der Waals surface area contributed by atoms with E-state index >= 15 is 0 Å². The van der Waals surface area contributed by atoms with Crippen molar-refractivity contribution < 1.29 is 9.90 Å². The van der Waals surface area contributed by atoms with Crippen LogP contribution >= 0.6 is 0 Å². The zero-order valence-electron chi connectivity index (χ0n) is 14.2. The molecular weight excluding hydrogens is 302 g/mol. The van der Waals surface area contributed by atoms with Gasteiger partial charge in [-0.05, 0) is 25.3 Å². The van der Waals surface area contributed by atoms with Crippen molar-refractivity contribution in [2.75, 3.05) is 6.54 Å². The quantitative estimate of drug-likeness (QED) is 0.854. The van der Waals surface area contributed by atoms with Crippen molar-refractivity contribution in [1.29, 1.82) is 0 Å². The maximum Gasteiger partial charge on any atom is 0.223 e. The fourth-order valence-corrected chi connectivity index (χ4v) is 3.20. The van der Waals surface area contributed by atoms with Crippen LogP contribution in [0.3, 0.4) is 0 Å². The molecule has 1 aromatic heterocycles. The molecule has 0 spiro atoms. The van der Waals surface area contributed by atoms with Crippen molar-refractivity contribution in [2.24, 2.45) is 0 Å². The number of fused-ring (bicyclic) bond motifs is 1. The van der Waals surface area contributed by atoms with Crippen molar-refractivity contribution in [3.05, 3.63) is 53.6 Å². The molecule has 0 saturated heterocycles. The summed E-state index contributed by atoms with van der Waals surface area (Å²) in [6, 6.07) is 9.29. The monoisotopic (exact) mass is 327 g/mol. The van der Waals surface area contributed by atoms with Crippen LogP contribution in [0.2, 0.25) is 0 Å². The fraction of sp³-hybridized carbons (Fsp3) is 0.474. The van der Waals surface area contributed by atoms with E-state index in [2.05, 4.69) is 21.1 Å². The summed E-state index contributed by atoms with van der Waals surface area (Å²) in [5, 5.41) is 13.4. The number of carbonyl (C=O) groups excluding carboxylic acids is 1. The minimum absolute atomic E-state index is 0.0523. The molecule has 2 aromatic rings. The Morgan fingerprint density at radius 2 is 2.12 bits per heavy atom. The van der Waals surface area contributed by atoms with E-state index in [1.807, 2.05) is 30.3 Å². The highest BCUT2D eigenvalue weighted by Crippen LogP contribution is 2.23. The second-order valence-electron chi connectivity index (χ2n) is 6.72. The molecule has 0 saturated carbocycles. The summed E-state index contributed by atoms with van der Waals surface area (Å²) in [4.78, 5) is 16.8. The average Bonchev–Trinajstić information content (AvgIpc) is 2.98. The first-order chi connectivity index (χ1) is 11.5. The van der Waals surface area contributed by atoms with E-state index in [0.29, 0.717) is 6.54 Å². The van der Waals surface area contributed by atoms with E-state index in [1.54, 1.807) is 6.92 Å². The topological polar surface area (TPSA) is 67.2 Å².